The number of rotatable bonds is 2. The number of hydrogen-bond acceptors (Lipinski definition) is 3. The number of urea groups is 1. The number of piperidine rings is 1. The Balaban J connectivity index is 1.97. The zero-order valence-electron chi connectivity index (χ0n) is 11.3. The van der Waals surface area contributed by atoms with Crippen LogP contribution in [-0.2, 0) is 4.79 Å². The largest absolute Gasteiger partial charge is 0.481 e. The molecule has 0 bridgehead atoms. The molecule has 2 heterocycles. The second kappa shape index (κ2) is 5.36. The predicted octanol–water partition coefficient (Wildman–Crippen LogP) is 0.750. The molecular weight excluding hydrogens is 248 g/mol. The number of carboxylic acid groups (broad SMARTS) is 1. The van der Waals surface area contributed by atoms with Crippen LogP contribution in [0, 0.1) is 5.41 Å². The molecule has 108 valence electrons. The first-order valence-electron chi connectivity index (χ1n) is 6.94. The maximum Gasteiger partial charge on any atom is 0.320 e. The molecule has 2 saturated heterocycles. The molecule has 2 aliphatic rings. The average molecular weight is 270 g/mol. The van der Waals surface area contributed by atoms with Gasteiger partial charge >= 0.3 is 12.0 Å². The Bertz CT molecular complexity index is 366. The lowest BCUT2D eigenvalue weighted by atomic mass is 9.84. The molecule has 0 aromatic rings. The van der Waals surface area contributed by atoms with E-state index in [2.05, 4.69) is 0 Å². The molecule has 1 unspecified atom stereocenters. The summed E-state index contributed by atoms with van der Waals surface area (Å²) in [5, 5.41) is 18.8. The maximum atomic E-state index is 12.3. The van der Waals surface area contributed by atoms with E-state index in [0.29, 0.717) is 51.9 Å². The summed E-state index contributed by atoms with van der Waals surface area (Å²) in [6.07, 6.45) is 1.98. The SMILES string of the molecule is CCC1(C(=O)O)CCN(C(=O)N2CCC(O)CC2)C1. The first kappa shape index (κ1) is 14.1. The summed E-state index contributed by atoms with van der Waals surface area (Å²) in [7, 11) is 0. The second-order valence-electron chi connectivity index (χ2n) is 5.61. The van der Waals surface area contributed by atoms with Gasteiger partial charge < -0.3 is 20.0 Å². The Morgan fingerprint density at radius 2 is 1.84 bits per heavy atom. The summed E-state index contributed by atoms with van der Waals surface area (Å²) in [6.45, 7) is 3.79. The molecule has 6 heteroatoms. The smallest absolute Gasteiger partial charge is 0.320 e. The van der Waals surface area contributed by atoms with E-state index in [9.17, 15) is 19.8 Å². The van der Waals surface area contributed by atoms with Crippen molar-refractivity contribution in [1.82, 2.24) is 9.80 Å². The lowest BCUT2D eigenvalue weighted by Crippen LogP contribution is -2.47. The van der Waals surface area contributed by atoms with Gasteiger partial charge in [-0.1, -0.05) is 6.92 Å². The van der Waals surface area contributed by atoms with Crippen molar-refractivity contribution in [1.29, 1.82) is 0 Å². The highest BCUT2D eigenvalue weighted by Crippen LogP contribution is 2.34. The fourth-order valence-electron chi connectivity index (χ4n) is 2.91. The normalized spacial score (nSPS) is 28.7. The Morgan fingerprint density at radius 3 is 2.32 bits per heavy atom. The molecule has 6 nitrogen and oxygen atoms in total. The van der Waals surface area contributed by atoms with Crippen LogP contribution >= 0.6 is 0 Å². The van der Waals surface area contributed by atoms with Crippen LogP contribution in [0.25, 0.3) is 0 Å². The van der Waals surface area contributed by atoms with Gasteiger partial charge in [0.2, 0.25) is 0 Å². The van der Waals surface area contributed by atoms with E-state index in [1.54, 1.807) is 9.80 Å². The van der Waals surface area contributed by atoms with Gasteiger partial charge in [-0.05, 0) is 25.7 Å². The van der Waals surface area contributed by atoms with E-state index in [0.717, 1.165) is 0 Å². The van der Waals surface area contributed by atoms with E-state index in [4.69, 9.17) is 0 Å². The number of carboxylic acids is 1. The number of carbonyl (C=O) groups excluding carboxylic acids is 1. The van der Waals surface area contributed by atoms with Crippen molar-refractivity contribution in [3.8, 4) is 0 Å². The Kier molecular flexibility index (Phi) is 3.99. The van der Waals surface area contributed by atoms with Gasteiger partial charge in [-0.3, -0.25) is 4.79 Å². The highest BCUT2D eigenvalue weighted by molar-refractivity contribution is 5.79. The summed E-state index contributed by atoms with van der Waals surface area (Å²) in [5.74, 6) is -0.806. The fourth-order valence-corrected chi connectivity index (χ4v) is 2.91. The molecular formula is C13H22N2O4. The highest BCUT2D eigenvalue weighted by Gasteiger charge is 2.45. The number of aliphatic hydroxyl groups excluding tert-OH is 1. The van der Waals surface area contributed by atoms with Gasteiger partial charge in [0.05, 0.1) is 11.5 Å². The molecule has 1 atom stereocenters. The van der Waals surface area contributed by atoms with Crippen LogP contribution in [0.1, 0.15) is 32.6 Å². The molecule has 19 heavy (non-hydrogen) atoms. The zero-order valence-corrected chi connectivity index (χ0v) is 11.3. The molecule has 0 radical (unpaired) electrons. The van der Waals surface area contributed by atoms with Gasteiger partial charge in [-0.2, -0.15) is 0 Å². The third-order valence-corrected chi connectivity index (χ3v) is 4.49. The molecule has 2 N–H and O–H groups in total. The standard InChI is InChI=1S/C13H22N2O4/c1-2-13(11(17)18)5-8-15(9-13)12(19)14-6-3-10(16)4-7-14/h10,16H,2-9H2,1H3,(H,17,18). The minimum absolute atomic E-state index is 0.0801. The first-order valence-corrected chi connectivity index (χ1v) is 6.94. The van der Waals surface area contributed by atoms with Crippen molar-refractivity contribution >= 4 is 12.0 Å². The number of hydrogen-bond donors (Lipinski definition) is 2. The maximum absolute atomic E-state index is 12.3. The van der Waals surface area contributed by atoms with Gasteiger partial charge in [-0.15, -0.1) is 0 Å². The summed E-state index contributed by atoms with van der Waals surface area (Å²) in [4.78, 5) is 27.0. The summed E-state index contributed by atoms with van der Waals surface area (Å²) in [6, 6.07) is -0.0801. The monoisotopic (exact) mass is 270 g/mol. The minimum Gasteiger partial charge on any atom is -0.481 e. The van der Waals surface area contributed by atoms with Crippen LogP contribution in [0.5, 0.6) is 0 Å². The van der Waals surface area contributed by atoms with Crippen LogP contribution < -0.4 is 0 Å². The van der Waals surface area contributed by atoms with Crippen LogP contribution in [0.2, 0.25) is 0 Å². The van der Waals surface area contributed by atoms with E-state index in [-0.39, 0.29) is 12.1 Å². The lowest BCUT2D eigenvalue weighted by molar-refractivity contribution is -0.148. The summed E-state index contributed by atoms with van der Waals surface area (Å²) < 4.78 is 0. The van der Waals surface area contributed by atoms with Crippen LogP contribution in [0.4, 0.5) is 4.79 Å². The van der Waals surface area contributed by atoms with E-state index >= 15 is 0 Å². The van der Waals surface area contributed by atoms with Gasteiger partial charge in [0.1, 0.15) is 0 Å². The number of likely N-dealkylation sites (tertiary alicyclic amines) is 2. The summed E-state index contributed by atoms with van der Waals surface area (Å²) in [5.41, 5.74) is -0.773. The molecule has 0 aliphatic carbocycles. The first-order chi connectivity index (χ1) is 8.98. The van der Waals surface area contributed by atoms with Gasteiger partial charge in [-0.25, -0.2) is 4.79 Å². The van der Waals surface area contributed by atoms with E-state index < -0.39 is 11.4 Å². The number of amides is 2. The topological polar surface area (TPSA) is 81.1 Å². The third kappa shape index (κ3) is 2.68. The molecule has 0 saturated carbocycles. The van der Waals surface area contributed by atoms with Crippen molar-refractivity contribution in [3.05, 3.63) is 0 Å². The van der Waals surface area contributed by atoms with Crippen LogP contribution in [0.15, 0.2) is 0 Å². The molecule has 2 fully saturated rings. The molecule has 2 rings (SSSR count). The third-order valence-electron chi connectivity index (χ3n) is 4.49. The molecule has 2 aliphatic heterocycles. The van der Waals surface area contributed by atoms with E-state index in [1.165, 1.54) is 0 Å². The number of aliphatic hydroxyl groups is 1. The molecule has 0 aromatic carbocycles. The van der Waals surface area contributed by atoms with Crippen molar-refractivity contribution in [3.63, 3.8) is 0 Å². The lowest BCUT2D eigenvalue weighted by Gasteiger charge is -2.33. The average Bonchev–Trinajstić information content (AvgIpc) is 2.84. The second-order valence-corrected chi connectivity index (χ2v) is 5.61. The zero-order chi connectivity index (χ0) is 14.0. The Morgan fingerprint density at radius 1 is 1.21 bits per heavy atom. The van der Waals surface area contributed by atoms with Crippen molar-refractivity contribution < 1.29 is 19.8 Å². The van der Waals surface area contributed by atoms with Gasteiger partial charge in [0.25, 0.3) is 0 Å². The van der Waals surface area contributed by atoms with Crippen molar-refractivity contribution in [2.45, 2.75) is 38.7 Å². The fraction of sp³-hybridized carbons (Fsp3) is 0.846. The van der Waals surface area contributed by atoms with Crippen LogP contribution in [-0.4, -0.2) is 64.3 Å². The number of carbonyl (C=O) groups is 2. The van der Waals surface area contributed by atoms with Gasteiger partial charge in [0.15, 0.2) is 0 Å². The summed E-state index contributed by atoms with van der Waals surface area (Å²) >= 11 is 0. The Hall–Kier alpha value is -1.30. The quantitative estimate of drug-likeness (QED) is 0.776. The molecule has 0 spiro atoms. The van der Waals surface area contributed by atoms with Crippen molar-refractivity contribution in [2.75, 3.05) is 26.2 Å². The van der Waals surface area contributed by atoms with Gasteiger partial charge in [0, 0.05) is 26.2 Å². The Labute approximate surface area is 113 Å². The number of nitrogens with zero attached hydrogens (tertiary/aromatic N) is 2. The van der Waals surface area contributed by atoms with Crippen LogP contribution in [0.3, 0.4) is 0 Å². The van der Waals surface area contributed by atoms with Crippen molar-refractivity contribution in [2.24, 2.45) is 5.41 Å². The van der Waals surface area contributed by atoms with E-state index in [1.807, 2.05) is 6.92 Å². The molecule has 2 amide bonds. The number of aliphatic carboxylic acids is 1. The highest BCUT2D eigenvalue weighted by atomic mass is 16.4. The minimum atomic E-state index is -0.806. The molecule has 0 aromatic heterocycles. The predicted molar refractivity (Wildman–Crippen MR) is 68.8 cm³/mol.